The van der Waals surface area contributed by atoms with Crippen molar-refractivity contribution >= 4 is 0 Å². The Balaban J connectivity index is 2.00. The molecular formula is C11H22N4. The van der Waals surface area contributed by atoms with E-state index in [-0.39, 0.29) is 0 Å². The third-order valence-electron chi connectivity index (χ3n) is 2.25. The molecule has 0 atom stereocenters. The number of aryl methyl sites for hydroxylation is 1. The maximum atomic E-state index is 4.07. The average molecular weight is 210 g/mol. The largest absolute Gasteiger partial charge is 0.337 e. The predicted octanol–water partition coefficient (Wildman–Crippen LogP) is 0.755. The molecule has 0 aliphatic rings. The lowest BCUT2D eigenvalue weighted by Crippen LogP contribution is -2.29. The molecule has 2 N–H and O–H groups in total. The highest BCUT2D eigenvalue weighted by Crippen LogP contribution is 1.94. The highest BCUT2D eigenvalue weighted by atomic mass is 15.0. The summed E-state index contributed by atoms with van der Waals surface area (Å²) >= 11 is 0. The van der Waals surface area contributed by atoms with Crippen LogP contribution in [0.1, 0.15) is 19.5 Å². The van der Waals surface area contributed by atoms with E-state index in [4.69, 9.17) is 0 Å². The number of rotatable bonds is 7. The van der Waals surface area contributed by atoms with Gasteiger partial charge in [-0.3, -0.25) is 0 Å². The lowest BCUT2D eigenvalue weighted by Gasteiger charge is -2.08. The van der Waals surface area contributed by atoms with E-state index in [9.17, 15) is 0 Å². The standard InChI is InChI=1S/C11H22N4/c1-10(2)6-12-4-5-13-7-11-8-14-9-15(11)3/h8-10,12-13H,4-7H2,1-3H3. The van der Waals surface area contributed by atoms with Crippen LogP contribution in [0.4, 0.5) is 0 Å². The Kier molecular flexibility index (Phi) is 5.36. The second-order valence-corrected chi connectivity index (χ2v) is 4.27. The molecule has 0 saturated heterocycles. The molecule has 1 aromatic heterocycles. The molecule has 1 rings (SSSR count). The minimum absolute atomic E-state index is 0.724. The van der Waals surface area contributed by atoms with Crippen LogP contribution in [-0.4, -0.2) is 29.2 Å². The van der Waals surface area contributed by atoms with Crippen LogP contribution >= 0.6 is 0 Å². The Labute approximate surface area is 92.1 Å². The maximum Gasteiger partial charge on any atom is 0.0945 e. The van der Waals surface area contributed by atoms with E-state index in [1.807, 2.05) is 24.1 Å². The second kappa shape index (κ2) is 6.58. The van der Waals surface area contributed by atoms with Gasteiger partial charge in [0, 0.05) is 32.9 Å². The van der Waals surface area contributed by atoms with Crippen molar-refractivity contribution in [3.05, 3.63) is 18.2 Å². The molecule has 0 aliphatic heterocycles. The van der Waals surface area contributed by atoms with Crippen LogP contribution < -0.4 is 10.6 Å². The van der Waals surface area contributed by atoms with Gasteiger partial charge in [0.2, 0.25) is 0 Å². The molecule has 0 bridgehead atoms. The smallest absolute Gasteiger partial charge is 0.0945 e. The van der Waals surface area contributed by atoms with Crippen LogP contribution in [0.25, 0.3) is 0 Å². The fourth-order valence-corrected chi connectivity index (χ4v) is 1.34. The highest BCUT2D eigenvalue weighted by Gasteiger charge is 1.96. The van der Waals surface area contributed by atoms with Gasteiger partial charge in [-0.05, 0) is 12.5 Å². The molecule has 0 saturated carbocycles. The first-order valence-corrected chi connectivity index (χ1v) is 5.56. The Bertz CT molecular complexity index is 267. The van der Waals surface area contributed by atoms with E-state index < -0.39 is 0 Å². The van der Waals surface area contributed by atoms with Crippen LogP contribution in [-0.2, 0) is 13.6 Å². The van der Waals surface area contributed by atoms with Gasteiger partial charge in [-0.15, -0.1) is 0 Å². The van der Waals surface area contributed by atoms with E-state index in [2.05, 4.69) is 29.5 Å². The number of hydrogen-bond donors (Lipinski definition) is 2. The summed E-state index contributed by atoms with van der Waals surface area (Å²) in [5.74, 6) is 0.724. The number of imidazole rings is 1. The Morgan fingerprint density at radius 2 is 2.07 bits per heavy atom. The van der Waals surface area contributed by atoms with Crippen molar-refractivity contribution in [2.45, 2.75) is 20.4 Å². The number of nitrogens with zero attached hydrogens (tertiary/aromatic N) is 2. The lowest BCUT2D eigenvalue weighted by atomic mass is 10.2. The molecule has 0 fully saturated rings. The quantitative estimate of drug-likeness (QED) is 0.653. The van der Waals surface area contributed by atoms with Crippen molar-refractivity contribution in [1.82, 2.24) is 20.2 Å². The second-order valence-electron chi connectivity index (χ2n) is 4.27. The molecule has 4 heteroatoms. The first kappa shape index (κ1) is 12.2. The molecular weight excluding hydrogens is 188 g/mol. The molecule has 0 aliphatic carbocycles. The number of aromatic nitrogens is 2. The normalized spacial score (nSPS) is 11.2. The van der Waals surface area contributed by atoms with Gasteiger partial charge in [0.15, 0.2) is 0 Å². The molecule has 1 aromatic rings. The van der Waals surface area contributed by atoms with E-state index in [1.165, 1.54) is 5.69 Å². The highest BCUT2D eigenvalue weighted by molar-refractivity contribution is 4.96. The Hall–Kier alpha value is -0.870. The van der Waals surface area contributed by atoms with Gasteiger partial charge in [-0.25, -0.2) is 4.98 Å². The molecule has 0 spiro atoms. The zero-order valence-electron chi connectivity index (χ0n) is 9.95. The van der Waals surface area contributed by atoms with Gasteiger partial charge in [0.25, 0.3) is 0 Å². The van der Waals surface area contributed by atoms with E-state index >= 15 is 0 Å². The Morgan fingerprint density at radius 3 is 2.67 bits per heavy atom. The summed E-state index contributed by atoms with van der Waals surface area (Å²) < 4.78 is 2.04. The summed E-state index contributed by atoms with van der Waals surface area (Å²) in [6.45, 7) is 8.44. The van der Waals surface area contributed by atoms with Gasteiger partial charge in [-0.1, -0.05) is 13.8 Å². The van der Waals surface area contributed by atoms with Gasteiger partial charge in [0.1, 0.15) is 0 Å². The molecule has 0 aromatic carbocycles. The monoisotopic (exact) mass is 210 g/mol. The van der Waals surface area contributed by atoms with Crippen molar-refractivity contribution < 1.29 is 0 Å². The first-order chi connectivity index (χ1) is 7.20. The summed E-state index contributed by atoms with van der Waals surface area (Å²) in [6.07, 6.45) is 3.72. The average Bonchev–Trinajstić information content (AvgIpc) is 2.57. The van der Waals surface area contributed by atoms with Crippen LogP contribution in [0.15, 0.2) is 12.5 Å². The van der Waals surface area contributed by atoms with Crippen LogP contribution in [0.5, 0.6) is 0 Å². The van der Waals surface area contributed by atoms with Crippen LogP contribution in [0.3, 0.4) is 0 Å². The molecule has 4 nitrogen and oxygen atoms in total. The summed E-state index contributed by atoms with van der Waals surface area (Å²) in [7, 11) is 2.01. The zero-order valence-corrected chi connectivity index (χ0v) is 9.95. The molecule has 86 valence electrons. The molecule has 0 unspecified atom stereocenters. The van der Waals surface area contributed by atoms with Crippen molar-refractivity contribution in [1.29, 1.82) is 0 Å². The van der Waals surface area contributed by atoms with E-state index in [0.29, 0.717) is 0 Å². The molecule has 1 heterocycles. The lowest BCUT2D eigenvalue weighted by molar-refractivity contribution is 0.532. The van der Waals surface area contributed by atoms with E-state index in [0.717, 1.165) is 32.1 Å². The third-order valence-corrected chi connectivity index (χ3v) is 2.25. The molecule has 15 heavy (non-hydrogen) atoms. The van der Waals surface area contributed by atoms with E-state index in [1.54, 1.807) is 0 Å². The topological polar surface area (TPSA) is 41.9 Å². The number of nitrogens with one attached hydrogen (secondary N) is 2. The molecule has 0 amide bonds. The number of hydrogen-bond acceptors (Lipinski definition) is 3. The zero-order chi connectivity index (χ0) is 11.1. The fraction of sp³-hybridized carbons (Fsp3) is 0.727. The van der Waals surface area contributed by atoms with Crippen molar-refractivity contribution in [2.75, 3.05) is 19.6 Å². The maximum absolute atomic E-state index is 4.07. The first-order valence-electron chi connectivity index (χ1n) is 5.56. The summed E-state index contributed by atoms with van der Waals surface area (Å²) in [5, 5.41) is 6.77. The van der Waals surface area contributed by atoms with Crippen molar-refractivity contribution in [3.8, 4) is 0 Å². The van der Waals surface area contributed by atoms with Gasteiger partial charge < -0.3 is 15.2 Å². The SMILES string of the molecule is CC(C)CNCCNCc1cncn1C. The van der Waals surface area contributed by atoms with Crippen molar-refractivity contribution in [3.63, 3.8) is 0 Å². The Morgan fingerprint density at radius 1 is 1.33 bits per heavy atom. The van der Waals surface area contributed by atoms with Gasteiger partial charge >= 0.3 is 0 Å². The summed E-state index contributed by atoms with van der Waals surface area (Å²) in [6, 6.07) is 0. The molecule has 0 radical (unpaired) electrons. The van der Waals surface area contributed by atoms with Crippen LogP contribution in [0.2, 0.25) is 0 Å². The minimum atomic E-state index is 0.724. The fourth-order valence-electron chi connectivity index (χ4n) is 1.34. The van der Waals surface area contributed by atoms with Crippen LogP contribution in [0, 0.1) is 5.92 Å². The summed E-state index contributed by atoms with van der Waals surface area (Å²) in [5.41, 5.74) is 1.22. The van der Waals surface area contributed by atoms with Crippen molar-refractivity contribution in [2.24, 2.45) is 13.0 Å². The summed E-state index contributed by atoms with van der Waals surface area (Å²) in [4.78, 5) is 4.07. The minimum Gasteiger partial charge on any atom is -0.337 e. The van der Waals surface area contributed by atoms with Gasteiger partial charge in [0.05, 0.1) is 12.0 Å². The van der Waals surface area contributed by atoms with Gasteiger partial charge in [-0.2, -0.15) is 0 Å². The third kappa shape index (κ3) is 4.95. The predicted molar refractivity (Wildman–Crippen MR) is 62.6 cm³/mol.